The molecule has 2 heterocycles. The summed E-state index contributed by atoms with van der Waals surface area (Å²) < 4.78 is 1.63. The van der Waals surface area contributed by atoms with E-state index < -0.39 is 0 Å². The number of anilines is 1. The SMILES string of the molecule is Cc1nc(NC(=O)c2ccc(-n3cncn3)cc2)sc1C. The van der Waals surface area contributed by atoms with Crippen LogP contribution in [0, 0.1) is 13.8 Å². The molecule has 0 radical (unpaired) electrons. The van der Waals surface area contributed by atoms with Crippen molar-refractivity contribution in [3.63, 3.8) is 0 Å². The van der Waals surface area contributed by atoms with Crippen LogP contribution in [0.4, 0.5) is 5.13 Å². The van der Waals surface area contributed by atoms with Crippen molar-refractivity contribution in [2.75, 3.05) is 5.32 Å². The molecule has 0 saturated carbocycles. The van der Waals surface area contributed by atoms with Gasteiger partial charge in [-0.05, 0) is 38.1 Å². The Bertz CT molecular complexity index is 742. The summed E-state index contributed by atoms with van der Waals surface area (Å²) in [4.78, 5) is 21.4. The van der Waals surface area contributed by atoms with Crippen molar-refractivity contribution in [2.24, 2.45) is 0 Å². The molecule has 0 aliphatic carbocycles. The minimum Gasteiger partial charge on any atom is -0.298 e. The molecule has 1 aromatic carbocycles. The topological polar surface area (TPSA) is 72.7 Å². The van der Waals surface area contributed by atoms with Gasteiger partial charge in [-0.3, -0.25) is 10.1 Å². The van der Waals surface area contributed by atoms with Gasteiger partial charge in [-0.25, -0.2) is 14.6 Å². The molecule has 0 saturated heterocycles. The Hall–Kier alpha value is -2.54. The number of rotatable bonds is 3. The average Bonchev–Trinajstić information content (AvgIpc) is 3.10. The van der Waals surface area contributed by atoms with Gasteiger partial charge in [-0.15, -0.1) is 11.3 Å². The molecule has 3 aromatic rings. The Balaban J connectivity index is 1.76. The minimum atomic E-state index is -0.172. The second-order valence-corrected chi connectivity index (χ2v) is 5.70. The van der Waals surface area contributed by atoms with Crippen molar-refractivity contribution < 1.29 is 4.79 Å². The van der Waals surface area contributed by atoms with E-state index in [9.17, 15) is 4.79 Å². The van der Waals surface area contributed by atoms with E-state index in [4.69, 9.17) is 0 Å². The van der Waals surface area contributed by atoms with Crippen LogP contribution >= 0.6 is 11.3 Å². The van der Waals surface area contributed by atoms with Crippen LogP contribution in [0.1, 0.15) is 20.9 Å². The summed E-state index contributed by atoms with van der Waals surface area (Å²) in [6.45, 7) is 3.91. The van der Waals surface area contributed by atoms with Gasteiger partial charge in [0.1, 0.15) is 12.7 Å². The summed E-state index contributed by atoms with van der Waals surface area (Å²) in [5.41, 5.74) is 2.37. The normalized spacial score (nSPS) is 10.6. The van der Waals surface area contributed by atoms with Gasteiger partial charge in [0.2, 0.25) is 0 Å². The van der Waals surface area contributed by atoms with Crippen LogP contribution < -0.4 is 5.32 Å². The van der Waals surface area contributed by atoms with E-state index in [0.717, 1.165) is 16.3 Å². The number of nitrogens with one attached hydrogen (secondary N) is 1. The number of benzene rings is 1. The fraction of sp³-hybridized carbons (Fsp3) is 0.143. The number of amides is 1. The van der Waals surface area contributed by atoms with Gasteiger partial charge in [0.05, 0.1) is 11.4 Å². The van der Waals surface area contributed by atoms with Gasteiger partial charge >= 0.3 is 0 Å². The van der Waals surface area contributed by atoms with Gasteiger partial charge in [-0.1, -0.05) is 0 Å². The lowest BCUT2D eigenvalue weighted by molar-refractivity contribution is 0.102. The Kier molecular flexibility index (Phi) is 3.49. The highest BCUT2D eigenvalue weighted by molar-refractivity contribution is 7.15. The molecule has 0 aliphatic rings. The van der Waals surface area contributed by atoms with E-state index in [1.807, 2.05) is 26.0 Å². The molecule has 0 aliphatic heterocycles. The molecule has 3 rings (SSSR count). The number of aryl methyl sites for hydroxylation is 2. The molecule has 21 heavy (non-hydrogen) atoms. The molecule has 1 amide bonds. The lowest BCUT2D eigenvalue weighted by atomic mass is 10.2. The molecule has 106 valence electrons. The smallest absolute Gasteiger partial charge is 0.257 e. The van der Waals surface area contributed by atoms with Crippen LogP contribution in [0.5, 0.6) is 0 Å². The van der Waals surface area contributed by atoms with Gasteiger partial charge in [-0.2, -0.15) is 5.10 Å². The molecular weight excluding hydrogens is 286 g/mol. The summed E-state index contributed by atoms with van der Waals surface area (Å²) in [7, 11) is 0. The van der Waals surface area contributed by atoms with Crippen molar-refractivity contribution >= 4 is 22.4 Å². The Morgan fingerprint density at radius 3 is 2.57 bits per heavy atom. The van der Waals surface area contributed by atoms with Crippen molar-refractivity contribution in [1.82, 2.24) is 19.7 Å². The zero-order valence-electron chi connectivity index (χ0n) is 11.6. The third-order valence-corrected chi connectivity index (χ3v) is 4.05. The second kappa shape index (κ2) is 5.45. The molecule has 0 spiro atoms. The van der Waals surface area contributed by atoms with Crippen molar-refractivity contribution in [3.8, 4) is 5.69 Å². The predicted molar refractivity (Wildman–Crippen MR) is 80.9 cm³/mol. The first-order valence-corrected chi connectivity index (χ1v) is 7.15. The Morgan fingerprint density at radius 2 is 2.00 bits per heavy atom. The standard InChI is InChI=1S/C14H13N5OS/c1-9-10(2)21-14(17-9)18-13(20)11-3-5-12(6-4-11)19-8-15-7-16-19/h3-8H,1-2H3,(H,17,18,20). The third kappa shape index (κ3) is 2.82. The zero-order valence-corrected chi connectivity index (χ0v) is 12.4. The molecule has 2 aromatic heterocycles. The number of nitrogens with zero attached hydrogens (tertiary/aromatic N) is 4. The molecular formula is C14H13N5OS. The zero-order chi connectivity index (χ0) is 14.8. The molecule has 0 bridgehead atoms. The number of carbonyl (C=O) groups is 1. The molecule has 6 nitrogen and oxygen atoms in total. The highest BCUT2D eigenvalue weighted by Crippen LogP contribution is 2.21. The van der Waals surface area contributed by atoms with Gasteiger partial charge in [0, 0.05) is 10.4 Å². The fourth-order valence-corrected chi connectivity index (χ4v) is 2.61. The Morgan fingerprint density at radius 1 is 1.24 bits per heavy atom. The number of hydrogen-bond acceptors (Lipinski definition) is 5. The van der Waals surface area contributed by atoms with Gasteiger partial charge in [0.25, 0.3) is 5.91 Å². The van der Waals surface area contributed by atoms with E-state index >= 15 is 0 Å². The fourth-order valence-electron chi connectivity index (χ4n) is 1.80. The maximum absolute atomic E-state index is 12.2. The van der Waals surface area contributed by atoms with Crippen LogP contribution in [-0.2, 0) is 0 Å². The lowest BCUT2D eigenvalue weighted by Gasteiger charge is -2.04. The number of carbonyl (C=O) groups excluding carboxylic acids is 1. The van der Waals surface area contributed by atoms with Crippen LogP contribution in [0.15, 0.2) is 36.9 Å². The van der Waals surface area contributed by atoms with Crippen LogP contribution in [-0.4, -0.2) is 25.7 Å². The van der Waals surface area contributed by atoms with E-state index in [2.05, 4.69) is 20.4 Å². The van der Waals surface area contributed by atoms with Crippen LogP contribution in [0.25, 0.3) is 5.69 Å². The second-order valence-electron chi connectivity index (χ2n) is 4.50. The first-order chi connectivity index (χ1) is 10.1. The summed E-state index contributed by atoms with van der Waals surface area (Å²) in [6.07, 6.45) is 3.07. The number of thiazole rings is 1. The molecule has 7 heteroatoms. The third-order valence-electron chi connectivity index (χ3n) is 3.06. The Labute approximate surface area is 125 Å². The van der Waals surface area contributed by atoms with E-state index in [1.54, 1.807) is 23.1 Å². The largest absolute Gasteiger partial charge is 0.298 e. The minimum absolute atomic E-state index is 0.172. The first-order valence-electron chi connectivity index (χ1n) is 6.34. The summed E-state index contributed by atoms with van der Waals surface area (Å²) in [5.74, 6) is -0.172. The van der Waals surface area contributed by atoms with E-state index in [0.29, 0.717) is 10.7 Å². The number of aromatic nitrogens is 4. The van der Waals surface area contributed by atoms with Gasteiger partial charge < -0.3 is 0 Å². The monoisotopic (exact) mass is 299 g/mol. The molecule has 0 atom stereocenters. The highest BCUT2D eigenvalue weighted by atomic mass is 32.1. The summed E-state index contributed by atoms with van der Waals surface area (Å²) >= 11 is 1.47. The molecule has 0 fully saturated rings. The quantitative estimate of drug-likeness (QED) is 0.807. The number of hydrogen-bond donors (Lipinski definition) is 1. The van der Waals surface area contributed by atoms with Gasteiger partial charge in [0.15, 0.2) is 5.13 Å². The maximum Gasteiger partial charge on any atom is 0.257 e. The van der Waals surface area contributed by atoms with Crippen molar-refractivity contribution in [1.29, 1.82) is 0 Å². The van der Waals surface area contributed by atoms with E-state index in [1.165, 1.54) is 17.7 Å². The van der Waals surface area contributed by atoms with Crippen molar-refractivity contribution in [3.05, 3.63) is 53.1 Å². The van der Waals surface area contributed by atoms with Crippen molar-refractivity contribution in [2.45, 2.75) is 13.8 Å². The average molecular weight is 299 g/mol. The lowest BCUT2D eigenvalue weighted by Crippen LogP contribution is -2.11. The highest BCUT2D eigenvalue weighted by Gasteiger charge is 2.10. The maximum atomic E-state index is 12.2. The molecule has 1 N–H and O–H groups in total. The molecule has 0 unspecified atom stereocenters. The first kappa shape index (κ1) is 13.4. The van der Waals surface area contributed by atoms with E-state index in [-0.39, 0.29) is 5.91 Å². The predicted octanol–water partition coefficient (Wildman–Crippen LogP) is 2.59. The van der Waals surface area contributed by atoms with Crippen LogP contribution in [0.3, 0.4) is 0 Å². The summed E-state index contributed by atoms with van der Waals surface area (Å²) in [5, 5.41) is 7.47. The summed E-state index contributed by atoms with van der Waals surface area (Å²) in [6, 6.07) is 7.14. The van der Waals surface area contributed by atoms with Crippen LogP contribution in [0.2, 0.25) is 0 Å².